The standard InChI is InChI=1S/C16H30N2O8/c1-9-12(19)14(21)13(20)11(26-9)6-4-8-25-16(24)18-7-3-2-5-10(17)15(22)23/h9-14,19-21H,2-8,17H2,1H3,(H,18,24)(H,22,23)/t9?,10?,11-,12?,13?,14?/m0/s1. The van der Waals surface area contributed by atoms with Crippen LogP contribution < -0.4 is 11.1 Å². The first-order valence-electron chi connectivity index (χ1n) is 8.82. The van der Waals surface area contributed by atoms with Crippen LogP contribution in [0.3, 0.4) is 0 Å². The van der Waals surface area contributed by atoms with Crippen LogP contribution in [0.15, 0.2) is 0 Å². The van der Waals surface area contributed by atoms with Crippen LogP contribution in [-0.4, -0.2) is 82.2 Å². The molecule has 152 valence electrons. The normalized spacial score (nSPS) is 29.8. The van der Waals surface area contributed by atoms with Crippen molar-refractivity contribution >= 4 is 12.1 Å². The minimum Gasteiger partial charge on any atom is -0.480 e. The van der Waals surface area contributed by atoms with E-state index in [9.17, 15) is 24.9 Å². The first kappa shape index (κ1) is 22.6. The zero-order chi connectivity index (χ0) is 19.7. The maximum Gasteiger partial charge on any atom is 0.407 e. The van der Waals surface area contributed by atoms with Crippen LogP contribution in [0.1, 0.15) is 39.0 Å². The van der Waals surface area contributed by atoms with Gasteiger partial charge in [0.1, 0.15) is 24.4 Å². The van der Waals surface area contributed by atoms with E-state index >= 15 is 0 Å². The Kier molecular flexibility index (Phi) is 9.81. The van der Waals surface area contributed by atoms with E-state index in [4.69, 9.17) is 20.3 Å². The third-order valence-electron chi connectivity index (χ3n) is 4.35. The number of unbranched alkanes of at least 4 members (excludes halogenated alkanes) is 1. The molecule has 10 nitrogen and oxygen atoms in total. The Bertz CT molecular complexity index is 450. The van der Waals surface area contributed by atoms with Gasteiger partial charge in [-0.05, 0) is 39.0 Å². The zero-order valence-corrected chi connectivity index (χ0v) is 14.9. The number of aliphatic hydroxyl groups is 3. The summed E-state index contributed by atoms with van der Waals surface area (Å²) in [5, 5.41) is 40.4. The molecule has 7 N–H and O–H groups in total. The van der Waals surface area contributed by atoms with Crippen LogP contribution in [0.5, 0.6) is 0 Å². The topological polar surface area (TPSA) is 172 Å². The number of ether oxygens (including phenoxy) is 2. The van der Waals surface area contributed by atoms with Gasteiger partial charge in [0.25, 0.3) is 0 Å². The molecule has 0 aromatic heterocycles. The third-order valence-corrected chi connectivity index (χ3v) is 4.35. The predicted octanol–water partition coefficient (Wildman–Crippen LogP) is -1.05. The summed E-state index contributed by atoms with van der Waals surface area (Å²) in [7, 11) is 0. The molecule has 0 aromatic carbocycles. The fourth-order valence-corrected chi connectivity index (χ4v) is 2.68. The van der Waals surface area contributed by atoms with Crippen molar-refractivity contribution in [3.8, 4) is 0 Å². The van der Waals surface area contributed by atoms with E-state index in [0.717, 1.165) is 0 Å². The Hall–Kier alpha value is -1.46. The van der Waals surface area contributed by atoms with E-state index < -0.39 is 48.6 Å². The van der Waals surface area contributed by atoms with E-state index in [1.54, 1.807) is 6.92 Å². The van der Waals surface area contributed by atoms with Gasteiger partial charge in [0, 0.05) is 6.54 Å². The zero-order valence-electron chi connectivity index (χ0n) is 14.9. The molecule has 26 heavy (non-hydrogen) atoms. The molecule has 1 aliphatic rings. The highest BCUT2D eigenvalue weighted by molar-refractivity contribution is 5.72. The second-order valence-corrected chi connectivity index (χ2v) is 6.50. The van der Waals surface area contributed by atoms with Gasteiger partial charge in [-0.25, -0.2) is 4.79 Å². The number of carbonyl (C=O) groups excluding carboxylic acids is 1. The van der Waals surface area contributed by atoms with Gasteiger partial charge in [-0.3, -0.25) is 4.79 Å². The third kappa shape index (κ3) is 7.42. The molecule has 0 aliphatic carbocycles. The Morgan fingerprint density at radius 3 is 2.50 bits per heavy atom. The molecule has 10 heteroatoms. The summed E-state index contributed by atoms with van der Waals surface area (Å²) >= 11 is 0. The van der Waals surface area contributed by atoms with E-state index in [0.29, 0.717) is 38.6 Å². The van der Waals surface area contributed by atoms with Crippen LogP contribution in [0.2, 0.25) is 0 Å². The molecule has 0 bridgehead atoms. The molecule has 0 spiro atoms. The van der Waals surface area contributed by atoms with Crippen LogP contribution in [0.25, 0.3) is 0 Å². The average Bonchev–Trinajstić information content (AvgIpc) is 2.60. The molecular formula is C16H30N2O8. The average molecular weight is 378 g/mol. The smallest absolute Gasteiger partial charge is 0.407 e. The number of hydrogen-bond donors (Lipinski definition) is 6. The number of carboxylic acid groups (broad SMARTS) is 1. The van der Waals surface area contributed by atoms with Crippen molar-refractivity contribution in [3.63, 3.8) is 0 Å². The Morgan fingerprint density at radius 1 is 1.15 bits per heavy atom. The summed E-state index contributed by atoms with van der Waals surface area (Å²) in [6, 6.07) is -0.887. The number of carboxylic acids is 1. The van der Waals surface area contributed by atoms with Gasteiger partial charge < -0.3 is 41.0 Å². The number of rotatable bonds is 10. The van der Waals surface area contributed by atoms with E-state index in [1.807, 2.05) is 0 Å². The molecule has 1 saturated heterocycles. The molecule has 1 heterocycles. The van der Waals surface area contributed by atoms with Gasteiger partial charge in [-0.2, -0.15) is 0 Å². The van der Waals surface area contributed by atoms with Gasteiger partial charge >= 0.3 is 12.1 Å². The van der Waals surface area contributed by atoms with E-state index in [-0.39, 0.29) is 6.61 Å². The van der Waals surface area contributed by atoms with E-state index in [2.05, 4.69) is 5.32 Å². The van der Waals surface area contributed by atoms with Crippen LogP contribution in [-0.2, 0) is 14.3 Å². The van der Waals surface area contributed by atoms with Crippen molar-refractivity contribution in [2.24, 2.45) is 5.73 Å². The van der Waals surface area contributed by atoms with Crippen molar-refractivity contribution < 1.29 is 39.5 Å². The lowest BCUT2D eigenvalue weighted by Crippen LogP contribution is -2.56. The van der Waals surface area contributed by atoms with Crippen molar-refractivity contribution in [3.05, 3.63) is 0 Å². The molecule has 0 saturated carbocycles. The number of hydrogen-bond acceptors (Lipinski definition) is 8. The Balaban J connectivity index is 2.08. The van der Waals surface area contributed by atoms with Gasteiger partial charge in [0.2, 0.25) is 0 Å². The molecule has 0 radical (unpaired) electrons. The number of carbonyl (C=O) groups is 2. The van der Waals surface area contributed by atoms with Gasteiger partial charge in [-0.1, -0.05) is 0 Å². The number of nitrogens with one attached hydrogen (secondary N) is 1. The van der Waals surface area contributed by atoms with Crippen LogP contribution in [0, 0.1) is 0 Å². The summed E-state index contributed by atoms with van der Waals surface area (Å²) in [6.07, 6.45) is -3.06. The summed E-state index contributed by atoms with van der Waals surface area (Å²) in [6.45, 7) is 2.09. The molecule has 0 aromatic rings. The summed E-state index contributed by atoms with van der Waals surface area (Å²) in [5.74, 6) is -1.04. The molecule has 1 fully saturated rings. The lowest BCUT2D eigenvalue weighted by Gasteiger charge is -2.39. The minimum absolute atomic E-state index is 0.120. The maximum absolute atomic E-state index is 11.5. The molecule has 6 atom stereocenters. The van der Waals surface area contributed by atoms with Crippen molar-refractivity contribution in [2.45, 2.75) is 75.6 Å². The fourth-order valence-electron chi connectivity index (χ4n) is 2.68. The van der Waals surface area contributed by atoms with Crippen molar-refractivity contribution in [1.82, 2.24) is 5.32 Å². The van der Waals surface area contributed by atoms with Crippen LogP contribution in [0.4, 0.5) is 4.79 Å². The quantitative estimate of drug-likeness (QED) is 0.259. The number of aliphatic carboxylic acids is 1. The lowest BCUT2D eigenvalue weighted by molar-refractivity contribution is -0.218. The Morgan fingerprint density at radius 2 is 1.85 bits per heavy atom. The number of nitrogens with two attached hydrogens (primary N) is 1. The molecule has 1 rings (SSSR count). The molecule has 1 amide bonds. The molecular weight excluding hydrogens is 348 g/mol. The highest BCUT2D eigenvalue weighted by Crippen LogP contribution is 2.23. The predicted molar refractivity (Wildman–Crippen MR) is 90.4 cm³/mol. The highest BCUT2D eigenvalue weighted by atomic mass is 16.6. The highest BCUT2D eigenvalue weighted by Gasteiger charge is 2.41. The number of alkyl carbamates (subject to hydrolysis) is 1. The molecule has 5 unspecified atom stereocenters. The summed E-state index contributed by atoms with van der Waals surface area (Å²) < 4.78 is 10.4. The number of amides is 1. The fraction of sp³-hybridized carbons (Fsp3) is 0.875. The SMILES string of the molecule is CC1O[C@@H](CCCOC(=O)NCCCCC(N)C(=O)O)C(O)C(O)C1O. The monoisotopic (exact) mass is 378 g/mol. The van der Waals surface area contributed by atoms with E-state index in [1.165, 1.54) is 0 Å². The van der Waals surface area contributed by atoms with Crippen molar-refractivity contribution in [1.29, 1.82) is 0 Å². The Labute approximate surface area is 152 Å². The summed E-state index contributed by atoms with van der Waals surface area (Å²) in [5.41, 5.74) is 5.37. The van der Waals surface area contributed by atoms with Crippen molar-refractivity contribution in [2.75, 3.05) is 13.2 Å². The first-order valence-corrected chi connectivity index (χ1v) is 8.82. The second-order valence-electron chi connectivity index (χ2n) is 6.50. The minimum atomic E-state index is -1.26. The van der Waals surface area contributed by atoms with Gasteiger partial charge in [-0.15, -0.1) is 0 Å². The largest absolute Gasteiger partial charge is 0.480 e. The summed E-state index contributed by atoms with van der Waals surface area (Å²) in [4.78, 5) is 22.0. The molecule has 1 aliphatic heterocycles. The van der Waals surface area contributed by atoms with Gasteiger partial charge in [0.15, 0.2) is 0 Å². The van der Waals surface area contributed by atoms with Crippen LogP contribution >= 0.6 is 0 Å². The second kappa shape index (κ2) is 11.3. The van der Waals surface area contributed by atoms with Gasteiger partial charge in [0.05, 0.1) is 18.8 Å². The maximum atomic E-state index is 11.5. The lowest BCUT2D eigenvalue weighted by atomic mass is 9.93. The number of aliphatic hydroxyl groups excluding tert-OH is 3. The first-order chi connectivity index (χ1) is 12.2.